The fraction of sp³-hybridized carbons (Fsp3) is 0.714. The van der Waals surface area contributed by atoms with Gasteiger partial charge in [0.2, 0.25) is 0 Å². The van der Waals surface area contributed by atoms with E-state index in [1.54, 1.807) is 0 Å². The molecule has 1 N–H and O–H groups in total. The number of ether oxygens (including phenoxy) is 1. The third-order valence-corrected chi connectivity index (χ3v) is 2.71. The number of nitrogens with zero attached hydrogens (tertiary/aromatic N) is 2. The van der Waals surface area contributed by atoms with E-state index in [4.69, 9.17) is 4.74 Å². The number of hydrogen-bond acceptors (Lipinski definition) is 4. The number of nitrogens with one attached hydrogen (secondary N) is 1. The Morgan fingerprint density at radius 2 is 1.89 bits per heavy atom. The van der Waals surface area contributed by atoms with Crippen LogP contribution in [0.15, 0.2) is 12.4 Å². The summed E-state index contributed by atoms with van der Waals surface area (Å²) in [5, 5.41) is 3.10. The standard InChI is InChI=1S/C14H25N3O.H2/c1-12(2)14-16-10-13(11-17-14)6-4-8-18-9-5-7-15-3;/h10-12,15H,4-9H2,1-3H3;1H. The number of aromatic nitrogens is 2. The van der Waals surface area contributed by atoms with Gasteiger partial charge in [0.25, 0.3) is 0 Å². The van der Waals surface area contributed by atoms with Crippen molar-refractivity contribution in [2.75, 3.05) is 26.8 Å². The van der Waals surface area contributed by atoms with Gasteiger partial charge in [-0.2, -0.15) is 0 Å². The molecule has 0 aliphatic heterocycles. The predicted octanol–water partition coefficient (Wildman–Crippen LogP) is 2.40. The lowest BCUT2D eigenvalue weighted by Crippen LogP contribution is -2.10. The van der Waals surface area contributed by atoms with E-state index in [1.165, 1.54) is 5.56 Å². The lowest BCUT2D eigenvalue weighted by atomic mass is 10.2. The smallest absolute Gasteiger partial charge is 0.130 e. The van der Waals surface area contributed by atoms with Crippen LogP contribution in [0.1, 0.15) is 45.4 Å². The molecule has 18 heavy (non-hydrogen) atoms. The Balaban J connectivity index is 0.00000324. The molecule has 0 saturated heterocycles. The summed E-state index contributed by atoms with van der Waals surface area (Å²) in [6.07, 6.45) is 6.96. The molecule has 0 fully saturated rings. The summed E-state index contributed by atoms with van der Waals surface area (Å²) in [5.41, 5.74) is 1.19. The molecule has 1 aromatic rings. The molecule has 0 spiro atoms. The Morgan fingerprint density at radius 1 is 1.22 bits per heavy atom. The zero-order valence-electron chi connectivity index (χ0n) is 11.8. The highest BCUT2D eigenvalue weighted by Gasteiger charge is 2.02. The maximum absolute atomic E-state index is 5.54. The van der Waals surface area contributed by atoms with E-state index < -0.39 is 0 Å². The van der Waals surface area contributed by atoms with Crippen molar-refractivity contribution in [2.24, 2.45) is 0 Å². The molecule has 0 unspecified atom stereocenters. The van der Waals surface area contributed by atoms with Gasteiger partial charge in [0.05, 0.1) is 0 Å². The molecule has 104 valence electrons. The first kappa shape index (κ1) is 15.1. The molecule has 1 heterocycles. The summed E-state index contributed by atoms with van der Waals surface area (Å²) in [5.74, 6) is 1.32. The maximum atomic E-state index is 5.54. The molecule has 1 aromatic heterocycles. The van der Waals surface area contributed by atoms with Crippen LogP contribution in [0.2, 0.25) is 0 Å². The summed E-state index contributed by atoms with van der Waals surface area (Å²) in [6, 6.07) is 0. The van der Waals surface area contributed by atoms with Crippen molar-refractivity contribution in [1.82, 2.24) is 15.3 Å². The summed E-state index contributed by atoms with van der Waals surface area (Å²) in [4.78, 5) is 8.71. The Hall–Kier alpha value is -1.00. The Morgan fingerprint density at radius 3 is 2.50 bits per heavy atom. The van der Waals surface area contributed by atoms with E-state index in [0.29, 0.717) is 5.92 Å². The lowest BCUT2D eigenvalue weighted by Gasteiger charge is -2.06. The van der Waals surface area contributed by atoms with Gasteiger partial charge >= 0.3 is 0 Å². The van der Waals surface area contributed by atoms with Crippen LogP contribution in [0.25, 0.3) is 0 Å². The van der Waals surface area contributed by atoms with Gasteiger partial charge in [0, 0.05) is 33.0 Å². The topological polar surface area (TPSA) is 47.0 Å². The van der Waals surface area contributed by atoms with Crippen molar-refractivity contribution in [3.05, 3.63) is 23.8 Å². The van der Waals surface area contributed by atoms with E-state index in [9.17, 15) is 0 Å². The Kier molecular flexibility index (Phi) is 7.53. The highest BCUT2D eigenvalue weighted by Crippen LogP contribution is 2.08. The Bertz CT molecular complexity index is 317. The fourth-order valence-corrected chi connectivity index (χ4v) is 1.62. The number of rotatable bonds is 9. The van der Waals surface area contributed by atoms with Gasteiger partial charge in [-0.25, -0.2) is 9.97 Å². The third kappa shape index (κ3) is 6.07. The lowest BCUT2D eigenvalue weighted by molar-refractivity contribution is 0.130. The molecule has 0 amide bonds. The molecule has 0 aromatic carbocycles. The van der Waals surface area contributed by atoms with Crippen molar-refractivity contribution < 1.29 is 6.16 Å². The second kappa shape index (κ2) is 9.00. The zero-order chi connectivity index (χ0) is 13.2. The molecular weight excluding hydrogens is 226 g/mol. The Labute approximate surface area is 112 Å². The normalized spacial score (nSPS) is 11.1. The van der Waals surface area contributed by atoms with Crippen LogP contribution in [0.3, 0.4) is 0 Å². The second-order valence-corrected chi connectivity index (χ2v) is 4.78. The van der Waals surface area contributed by atoms with E-state index in [0.717, 1.165) is 44.8 Å². The minimum absolute atomic E-state index is 0. The van der Waals surface area contributed by atoms with Crippen molar-refractivity contribution >= 4 is 0 Å². The summed E-state index contributed by atoms with van der Waals surface area (Å²) < 4.78 is 5.54. The van der Waals surface area contributed by atoms with E-state index in [1.807, 2.05) is 19.4 Å². The predicted molar refractivity (Wildman–Crippen MR) is 75.9 cm³/mol. The second-order valence-electron chi connectivity index (χ2n) is 4.78. The molecular formula is C14H27N3O. The molecule has 4 nitrogen and oxygen atoms in total. The van der Waals surface area contributed by atoms with Crippen LogP contribution < -0.4 is 5.32 Å². The van der Waals surface area contributed by atoms with E-state index in [2.05, 4.69) is 29.1 Å². The average Bonchev–Trinajstić information content (AvgIpc) is 2.38. The van der Waals surface area contributed by atoms with Crippen LogP contribution in [-0.2, 0) is 11.2 Å². The fourth-order valence-electron chi connectivity index (χ4n) is 1.62. The van der Waals surface area contributed by atoms with Crippen molar-refractivity contribution in [1.29, 1.82) is 0 Å². The first-order valence-electron chi connectivity index (χ1n) is 6.77. The first-order chi connectivity index (χ1) is 8.74. The third-order valence-electron chi connectivity index (χ3n) is 2.71. The zero-order valence-corrected chi connectivity index (χ0v) is 11.8. The van der Waals surface area contributed by atoms with Crippen LogP contribution in [0.4, 0.5) is 0 Å². The van der Waals surface area contributed by atoms with E-state index in [-0.39, 0.29) is 1.43 Å². The molecule has 1 rings (SSSR count). The number of hydrogen-bond donors (Lipinski definition) is 1. The first-order valence-corrected chi connectivity index (χ1v) is 6.77. The largest absolute Gasteiger partial charge is 0.381 e. The van der Waals surface area contributed by atoms with Crippen molar-refractivity contribution in [2.45, 2.75) is 39.0 Å². The van der Waals surface area contributed by atoms with Gasteiger partial charge in [0.15, 0.2) is 0 Å². The number of aryl methyl sites for hydroxylation is 1. The monoisotopic (exact) mass is 253 g/mol. The van der Waals surface area contributed by atoms with Gasteiger partial charge < -0.3 is 10.1 Å². The summed E-state index contributed by atoms with van der Waals surface area (Å²) in [6.45, 7) is 6.88. The molecule has 0 atom stereocenters. The quantitative estimate of drug-likeness (QED) is 0.687. The summed E-state index contributed by atoms with van der Waals surface area (Å²) >= 11 is 0. The highest BCUT2D eigenvalue weighted by atomic mass is 16.5. The summed E-state index contributed by atoms with van der Waals surface area (Å²) in [7, 11) is 1.96. The van der Waals surface area contributed by atoms with Gasteiger partial charge in [-0.15, -0.1) is 0 Å². The van der Waals surface area contributed by atoms with Gasteiger partial charge in [0.1, 0.15) is 5.82 Å². The van der Waals surface area contributed by atoms with Crippen molar-refractivity contribution in [3.8, 4) is 0 Å². The van der Waals surface area contributed by atoms with Gasteiger partial charge in [-0.05, 0) is 38.4 Å². The molecule has 0 aliphatic carbocycles. The SMILES string of the molecule is CNCCCOCCCc1cnc(C(C)C)nc1.[HH]. The molecule has 0 saturated carbocycles. The highest BCUT2D eigenvalue weighted by molar-refractivity contribution is 5.06. The van der Waals surface area contributed by atoms with Crippen molar-refractivity contribution in [3.63, 3.8) is 0 Å². The van der Waals surface area contributed by atoms with Crippen LogP contribution >= 0.6 is 0 Å². The van der Waals surface area contributed by atoms with Crippen LogP contribution in [0.5, 0.6) is 0 Å². The maximum Gasteiger partial charge on any atom is 0.130 e. The molecule has 4 heteroatoms. The minimum Gasteiger partial charge on any atom is -0.381 e. The molecule has 0 radical (unpaired) electrons. The average molecular weight is 253 g/mol. The van der Waals surface area contributed by atoms with Crippen LogP contribution in [0, 0.1) is 0 Å². The van der Waals surface area contributed by atoms with Gasteiger partial charge in [-0.1, -0.05) is 13.8 Å². The molecule has 0 aliphatic rings. The van der Waals surface area contributed by atoms with E-state index >= 15 is 0 Å². The van der Waals surface area contributed by atoms with Crippen LogP contribution in [-0.4, -0.2) is 36.8 Å². The minimum atomic E-state index is 0. The van der Waals surface area contributed by atoms with Gasteiger partial charge in [-0.3, -0.25) is 0 Å². The molecule has 0 bridgehead atoms.